The maximum atomic E-state index is 13.2. The topological polar surface area (TPSA) is 76.5 Å². The molecule has 7 heteroatoms. The maximum Gasteiger partial charge on any atom is 0.257 e. The van der Waals surface area contributed by atoms with Gasteiger partial charge in [-0.1, -0.05) is 41.6 Å². The number of hydrogen-bond acceptors (Lipinski definition) is 5. The number of carbonyl (C=O) groups is 1. The summed E-state index contributed by atoms with van der Waals surface area (Å²) in [4.78, 5) is 19.7. The second kappa shape index (κ2) is 7.16. The summed E-state index contributed by atoms with van der Waals surface area (Å²) in [5.41, 5.74) is 3.46. The lowest BCUT2D eigenvalue weighted by Crippen LogP contribution is -2.39. The molecule has 7 nitrogen and oxygen atoms in total. The van der Waals surface area contributed by atoms with Crippen LogP contribution in [0.2, 0.25) is 0 Å². The predicted molar refractivity (Wildman–Crippen MR) is 108 cm³/mol. The number of rotatable bonds is 3. The van der Waals surface area contributed by atoms with E-state index in [0.29, 0.717) is 23.8 Å². The van der Waals surface area contributed by atoms with Crippen molar-refractivity contribution in [3.63, 3.8) is 0 Å². The summed E-state index contributed by atoms with van der Waals surface area (Å²) in [6, 6.07) is 13.7. The first-order valence-corrected chi connectivity index (χ1v) is 9.82. The highest BCUT2D eigenvalue weighted by Gasteiger charge is 2.30. The molecule has 1 unspecified atom stereocenters. The first-order chi connectivity index (χ1) is 14.2. The van der Waals surface area contributed by atoms with E-state index >= 15 is 0 Å². The number of pyridine rings is 1. The van der Waals surface area contributed by atoms with Crippen LogP contribution in [-0.4, -0.2) is 43.7 Å². The van der Waals surface area contributed by atoms with E-state index in [1.165, 1.54) is 0 Å². The molecule has 1 amide bonds. The minimum absolute atomic E-state index is 0.00166. The van der Waals surface area contributed by atoms with Gasteiger partial charge in [-0.25, -0.2) is 4.52 Å². The average Bonchev–Trinajstić information content (AvgIpc) is 3.42. The van der Waals surface area contributed by atoms with E-state index in [-0.39, 0.29) is 11.8 Å². The number of aryl methyl sites for hydroxylation is 1. The molecule has 4 heterocycles. The lowest BCUT2D eigenvalue weighted by Gasteiger charge is -2.30. The fourth-order valence-electron chi connectivity index (χ4n) is 4.01. The number of fused-ring (bicyclic) bond motifs is 1. The van der Waals surface area contributed by atoms with Crippen molar-refractivity contribution < 1.29 is 9.32 Å². The smallest absolute Gasteiger partial charge is 0.257 e. The Hall–Kier alpha value is -3.48. The van der Waals surface area contributed by atoms with Crippen molar-refractivity contribution in [2.75, 3.05) is 13.1 Å². The molecule has 1 fully saturated rings. The molecule has 3 aromatic heterocycles. The molecular weight excluding hydrogens is 366 g/mol. The molecule has 1 aromatic carbocycles. The summed E-state index contributed by atoms with van der Waals surface area (Å²) in [5, 5.41) is 8.47. The maximum absolute atomic E-state index is 13.2. The molecule has 1 aliphatic heterocycles. The van der Waals surface area contributed by atoms with Gasteiger partial charge in [-0.15, -0.1) is 0 Å². The van der Waals surface area contributed by atoms with E-state index in [1.807, 2.05) is 60.5 Å². The molecule has 0 radical (unpaired) electrons. The zero-order valence-electron chi connectivity index (χ0n) is 16.2. The van der Waals surface area contributed by atoms with Crippen LogP contribution in [0.15, 0.2) is 59.4 Å². The first kappa shape index (κ1) is 17.6. The number of amides is 1. The first-order valence-electron chi connectivity index (χ1n) is 9.82. The molecule has 1 saturated heterocycles. The molecule has 5 rings (SSSR count). The summed E-state index contributed by atoms with van der Waals surface area (Å²) in [5.74, 6) is 1.22. The number of hydrogen-bond donors (Lipinski definition) is 0. The van der Waals surface area contributed by atoms with Crippen molar-refractivity contribution in [3.05, 3.63) is 71.9 Å². The summed E-state index contributed by atoms with van der Waals surface area (Å²) in [6.45, 7) is 3.28. The molecule has 0 saturated carbocycles. The Kier molecular flexibility index (Phi) is 4.35. The third-order valence-corrected chi connectivity index (χ3v) is 5.50. The Bertz CT molecular complexity index is 1160. The number of carbonyl (C=O) groups excluding carboxylic acids is 1. The SMILES string of the molecule is Cc1cccn2ncc(C(=O)N3CCCC(c4nc(-c5ccccc5)no4)C3)c12. The minimum Gasteiger partial charge on any atom is -0.339 e. The lowest BCUT2D eigenvalue weighted by molar-refractivity contribution is 0.0697. The van der Waals surface area contributed by atoms with Crippen LogP contribution in [0, 0.1) is 6.92 Å². The van der Waals surface area contributed by atoms with Crippen LogP contribution in [0.25, 0.3) is 16.9 Å². The van der Waals surface area contributed by atoms with E-state index in [1.54, 1.807) is 10.7 Å². The third kappa shape index (κ3) is 3.18. The summed E-state index contributed by atoms with van der Waals surface area (Å²) < 4.78 is 7.31. The van der Waals surface area contributed by atoms with Crippen molar-refractivity contribution in [1.29, 1.82) is 0 Å². The molecule has 4 aromatic rings. The van der Waals surface area contributed by atoms with Gasteiger partial charge < -0.3 is 9.42 Å². The Balaban J connectivity index is 1.38. The molecule has 0 aliphatic carbocycles. The van der Waals surface area contributed by atoms with Crippen LogP contribution >= 0.6 is 0 Å². The van der Waals surface area contributed by atoms with E-state index < -0.39 is 0 Å². The van der Waals surface area contributed by atoms with Gasteiger partial charge in [0.15, 0.2) is 0 Å². The van der Waals surface area contributed by atoms with Gasteiger partial charge in [0.05, 0.1) is 23.2 Å². The van der Waals surface area contributed by atoms with Crippen molar-refractivity contribution in [3.8, 4) is 11.4 Å². The van der Waals surface area contributed by atoms with E-state index in [2.05, 4.69) is 15.2 Å². The van der Waals surface area contributed by atoms with Gasteiger partial charge >= 0.3 is 0 Å². The summed E-state index contributed by atoms with van der Waals surface area (Å²) in [7, 11) is 0. The normalized spacial score (nSPS) is 17.0. The molecule has 29 heavy (non-hydrogen) atoms. The van der Waals surface area contributed by atoms with E-state index in [9.17, 15) is 4.79 Å². The standard InChI is InChI=1S/C22H21N5O2/c1-15-7-5-12-27-19(15)18(13-23-27)22(28)26-11-6-10-17(14-26)21-24-20(25-29-21)16-8-3-2-4-9-16/h2-5,7-9,12-13,17H,6,10-11,14H2,1H3. The van der Waals surface area contributed by atoms with E-state index in [4.69, 9.17) is 4.52 Å². The Morgan fingerprint density at radius 3 is 2.90 bits per heavy atom. The van der Waals surface area contributed by atoms with Crippen LogP contribution in [0.5, 0.6) is 0 Å². The fourth-order valence-corrected chi connectivity index (χ4v) is 4.01. The van der Waals surface area contributed by atoms with Crippen LogP contribution in [0.4, 0.5) is 0 Å². The molecular formula is C22H21N5O2. The minimum atomic E-state index is 0.00166. The average molecular weight is 387 g/mol. The van der Waals surface area contributed by atoms with Crippen molar-refractivity contribution in [2.24, 2.45) is 0 Å². The van der Waals surface area contributed by atoms with Gasteiger partial charge in [0.2, 0.25) is 11.7 Å². The van der Waals surface area contributed by atoms with Gasteiger partial charge in [0.1, 0.15) is 0 Å². The van der Waals surface area contributed by atoms with Crippen molar-refractivity contribution in [2.45, 2.75) is 25.7 Å². The van der Waals surface area contributed by atoms with Crippen LogP contribution in [0.1, 0.15) is 40.6 Å². The highest BCUT2D eigenvalue weighted by molar-refractivity contribution is 6.01. The highest BCUT2D eigenvalue weighted by Crippen LogP contribution is 2.29. The molecule has 1 aliphatic rings. The van der Waals surface area contributed by atoms with Gasteiger partial charge in [0.25, 0.3) is 5.91 Å². The summed E-state index contributed by atoms with van der Waals surface area (Å²) in [6.07, 6.45) is 5.35. The largest absolute Gasteiger partial charge is 0.339 e. The van der Waals surface area contributed by atoms with E-state index in [0.717, 1.165) is 36.0 Å². The highest BCUT2D eigenvalue weighted by atomic mass is 16.5. The second-order valence-electron chi connectivity index (χ2n) is 7.46. The number of aromatic nitrogens is 4. The van der Waals surface area contributed by atoms with Crippen molar-refractivity contribution in [1.82, 2.24) is 24.7 Å². The van der Waals surface area contributed by atoms with Crippen LogP contribution < -0.4 is 0 Å². The second-order valence-corrected chi connectivity index (χ2v) is 7.46. The number of likely N-dealkylation sites (tertiary alicyclic amines) is 1. The van der Waals surface area contributed by atoms with Gasteiger partial charge in [-0.05, 0) is 31.4 Å². The molecule has 0 N–H and O–H groups in total. The Morgan fingerprint density at radius 1 is 1.17 bits per heavy atom. The van der Waals surface area contributed by atoms with Crippen LogP contribution in [0.3, 0.4) is 0 Å². The van der Waals surface area contributed by atoms with Crippen LogP contribution in [-0.2, 0) is 0 Å². The zero-order valence-corrected chi connectivity index (χ0v) is 16.2. The lowest BCUT2D eigenvalue weighted by atomic mass is 9.97. The Labute approximate surface area is 168 Å². The summed E-state index contributed by atoms with van der Waals surface area (Å²) >= 11 is 0. The van der Waals surface area contributed by atoms with Crippen molar-refractivity contribution >= 4 is 11.4 Å². The van der Waals surface area contributed by atoms with Gasteiger partial charge in [-0.2, -0.15) is 10.1 Å². The molecule has 0 bridgehead atoms. The zero-order chi connectivity index (χ0) is 19.8. The number of nitrogens with zero attached hydrogens (tertiary/aromatic N) is 5. The Morgan fingerprint density at radius 2 is 2.03 bits per heavy atom. The third-order valence-electron chi connectivity index (χ3n) is 5.50. The molecule has 0 spiro atoms. The molecule has 1 atom stereocenters. The predicted octanol–water partition coefficient (Wildman–Crippen LogP) is 3.71. The number of benzene rings is 1. The molecule has 146 valence electrons. The van der Waals surface area contributed by atoms with Gasteiger partial charge in [0, 0.05) is 24.8 Å². The fraction of sp³-hybridized carbons (Fsp3) is 0.273. The number of piperidine rings is 1. The quantitative estimate of drug-likeness (QED) is 0.536. The monoisotopic (exact) mass is 387 g/mol. The van der Waals surface area contributed by atoms with Gasteiger partial charge in [-0.3, -0.25) is 4.79 Å².